The second kappa shape index (κ2) is 7.36. The van der Waals surface area contributed by atoms with Crippen molar-refractivity contribution in [2.75, 3.05) is 0 Å². The average Bonchev–Trinajstić information content (AvgIpc) is 3.15. The van der Waals surface area contributed by atoms with Gasteiger partial charge in [-0.15, -0.1) is 0 Å². The summed E-state index contributed by atoms with van der Waals surface area (Å²) in [4.78, 5) is 41.2. The first-order valence-electron chi connectivity index (χ1n) is 10.8. The Balaban J connectivity index is 1.78. The zero-order valence-corrected chi connectivity index (χ0v) is 18.3. The van der Waals surface area contributed by atoms with Gasteiger partial charge in [-0.25, -0.2) is 9.37 Å². The highest BCUT2D eigenvalue weighted by Crippen LogP contribution is 2.41. The molecule has 0 amide bonds. The number of ether oxygens (including phenoxy) is 1. The van der Waals surface area contributed by atoms with Crippen molar-refractivity contribution in [2.24, 2.45) is 0 Å². The standard InChI is InChI=1S/C25H23FN2O4/c1-12(10-29)17-7-22-24-18(9-28(22)25(31)19(17)11-32-14(3)30)16-6-4-5-15-13(2)20(26)8-21(27-24)23(15)16/h7-8,10,12H,4-6,9,11H2,1-3H3. The summed E-state index contributed by atoms with van der Waals surface area (Å²) in [5, 5.41) is 1.01. The van der Waals surface area contributed by atoms with Gasteiger partial charge in [0.2, 0.25) is 0 Å². The SMILES string of the molecule is CC(=O)OCc1c(C(C)C=O)cc2n(c1=O)Cc1c-2nc2cc(F)c(C)c3c2c1CCC3. The number of aryl methyl sites for hydroxylation is 2. The second-order valence-corrected chi connectivity index (χ2v) is 8.69. The van der Waals surface area contributed by atoms with Crippen LogP contribution in [0, 0.1) is 12.7 Å². The highest BCUT2D eigenvalue weighted by molar-refractivity contribution is 5.92. The van der Waals surface area contributed by atoms with Crippen LogP contribution in [0.5, 0.6) is 0 Å². The Morgan fingerprint density at radius 3 is 2.75 bits per heavy atom. The lowest BCUT2D eigenvalue weighted by molar-refractivity contribution is -0.142. The maximum atomic E-state index is 14.6. The molecule has 32 heavy (non-hydrogen) atoms. The molecule has 1 aromatic carbocycles. The van der Waals surface area contributed by atoms with Crippen LogP contribution in [0.4, 0.5) is 4.39 Å². The lowest BCUT2D eigenvalue weighted by Gasteiger charge is -2.21. The molecule has 1 aliphatic heterocycles. The lowest BCUT2D eigenvalue weighted by atomic mass is 9.85. The monoisotopic (exact) mass is 434 g/mol. The molecule has 0 saturated heterocycles. The van der Waals surface area contributed by atoms with Crippen LogP contribution in [0.1, 0.15) is 59.6 Å². The number of halogens is 1. The maximum Gasteiger partial charge on any atom is 0.302 e. The molecule has 2 aliphatic rings. The summed E-state index contributed by atoms with van der Waals surface area (Å²) in [5.74, 6) is -1.31. The molecule has 164 valence electrons. The Hall–Kier alpha value is -3.35. The fourth-order valence-electron chi connectivity index (χ4n) is 5.12. The van der Waals surface area contributed by atoms with Crippen molar-refractivity contribution >= 4 is 23.2 Å². The minimum atomic E-state index is -0.547. The van der Waals surface area contributed by atoms with Gasteiger partial charge in [0.15, 0.2) is 0 Å². The summed E-state index contributed by atoms with van der Waals surface area (Å²) in [7, 11) is 0. The van der Waals surface area contributed by atoms with Crippen LogP contribution in [-0.2, 0) is 40.3 Å². The third-order valence-electron chi connectivity index (χ3n) is 6.78. The van der Waals surface area contributed by atoms with Crippen LogP contribution < -0.4 is 5.56 Å². The highest BCUT2D eigenvalue weighted by Gasteiger charge is 2.31. The molecule has 0 radical (unpaired) electrons. The third-order valence-corrected chi connectivity index (χ3v) is 6.78. The molecule has 0 bridgehead atoms. The van der Waals surface area contributed by atoms with Gasteiger partial charge in [0, 0.05) is 29.9 Å². The number of rotatable bonds is 4. The molecule has 6 nitrogen and oxygen atoms in total. The van der Waals surface area contributed by atoms with E-state index in [0.29, 0.717) is 40.1 Å². The molecule has 7 heteroatoms. The normalized spacial score (nSPS) is 14.8. The molecule has 3 aromatic rings. The fraction of sp³-hybridized carbons (Fsp3) is 0.360. The number of carbonyl (C=O) groups is 2. The van der Waals surface area contributed by atoms with Crippen molar-refractivity contribution in [3.05, 3.63) is 61.7 Å². The van der Waals surface area contributed by atoms with E-state index >= 15 is 0 Å². The van der Waals surface area contributed by atoms with Crippen molar-refractivity contribution in [1.82, 2.24) is 9.55 Å². The molecule has 2 aromatic heterocycles. The number of pyridine rings is 2. The Kier molecular flexibility index (Phi) is 4.73. The molecular formula is C25H23FN2O4. The van der Waals surface area contributed by atoms with Crippen LogP contribution in [-0.4, -0.2) is 21.8 Å². The van der Waals surface area contributed by atoms with Crippen LogP contribution in [0.25, 0.3) is 22.3 Å². The van der Waals surface area contributed by atoms with Crippen LogP contribution in [0.15, 0.2) is 16.9 Å². The van der Waals surface area contributed by atoms with Gasteiger partial charge in [0.25, 0.3) is 5.56 Å². The van der Waals surface area contributed by atoms with Crippen molar-refractivity contribution in [1.29, 1.82) is 0 Å². The number of aromatic nitrogens is 2. The van der Waals surface area contributed by atoms with E-state index in [1.54, 1.807) is 24.5 Å². The summed E-state index contributed by atoms with van der Waals surface area (Å²) in [6.45, 7) is 4.96. The van der Waals surface area contributed by atoms with E-state index in [1.165, 1.54) is 13.0 Å². The average molecular weight is 434 g/mol. The van der Waals surface area contributed by atoms with Crippen molar-refractivity contribution < 1.29 is 18.7 Å². The molecule has 0 N–H and O–H groups in total. The molecular weight excluding hydrogens is 411 g/mol. The Bertz CT molecular complexity index is 1390. The third kappa shape index (κ3) is 2.91. The predicted molar refractivity (Wildman–Crippen MR) is 117 cm³/mol. The maximum absolute atomic E-state index is 14.6. The van der Waals surface area contributed by atoms with Gasteiger partial charge in [-0.2, -0.15) is 0 Å². The first-order chi connectivity index (χ1) is 15.3. The molecule has 1 unspecified atom stereocenters. The van der Waals surface area contributed by atoms with Gasteiger partial charge < -0.3 is 14.1 Å². The zero-order valence-electron chi connectivity index (χ0n) is 18.3. The number of carbonyl (C=O) groups excluding carboxylic acids is 2. The van der Waals surface area contributed by atoms with Crippen LogP contribution >= 0.6 is 0 Å². The van der Waals surface area contributed by atoms with E-state index in [4.69, 9.17) is 9.72 Å². The number of fused-ring (bicyclic) bond motifs is 4. The summed E-state index contributed by atoms with van der Waals surface area (Å²) in [6.07, 6.45) is 3.34. The van der Waals surface area contributed by atoms with E-state index in [1.807, 2.05) is 0 Å². The summed E-state index contributed by atoms with van der Waals surface area (Å²) >= 11 is 0. The van der Waals surface area contributed by atoms with Crippen molar-refractivity contribution in [3.63, 3.8) is 0 Å². The topological polar surface area (TPSA) is 78.3 Å². The van der Waals surface area contributed by atoms with Gasteiger partial charge in [-0.1, -0.05) is 6.92 Å². The van der Waals surface area contributed by atoms with Gasteiger partial charge in [0.05, 0.1) is 29.0 Å². The van der Waals surface area contributed by atoms with Crippen LogP contribution in [0.3, 0.4) is 0 Å². The van der Waals surface area contributed by atoms with E-state index < -0.39 is 11.9 Å². The summed E-state index contributed by atoms with van der Waals surface area (Å²) in [6, 6.07) is 3.28. The fourth-order valence-corrected chi connectivity index (χ4v) is 5.12. The summed E-state index contributed by atoms with van der Waals surface area (Å²) in [5.41, 5.74) is 6.20. The highest BCUT2D eigenvalue weighted by atomic mass is 19.1. The first-order valence-corrected chi connectivity index (χ1v) is 10.8. The van der Waals surface area contributed by atoms with E-state index in [0.717, 1.165) is 47.6 Å². The molecule has 5 rings (SSSR count). The Morgan fingerprint density at radius 2 is 2.03 bits per heavy atom. The van der Waals surface area contributed by atoms with E-state index in [-0.39, 0.29) is 18.0 Å². The smallest absolute Gasteiger partial charge is 0.302 e. The number of aldehydes is 1. The van der Waals surface area contributed by atoms with E-state index in [2.05, 4.69) is 0 Å². The predicted octanol–water partition coefficient (Wildman–Crippen LogP) is 3.73. The van der Waals surface area contributed by atoms with Gasteiger partial charge in [-0.3, -0.25) is 9.59 Å². The Morgan fingerprint density at radius 1 is 1.28 bits per heavy atom. The molecule has 1 aliphatic carbocycles. The summed E-state index contributed by atoms with van der Waals surface area (Å²) < 4.78 is 21.4. The van der Waals surface area contributed by atoms with Gasteiger partial charge in [0.1, 0.15) is 18.7 Å². The number of nitrogens with zero attached hydrogens (tertiary/aromatic N) is 2. The minimum Gasteiger partial charge on any atom is -0.461 e. The second-order valence-electron chi connectivity index (χ2n) is 8.69. The number of hydrogen-bond donors (Lipinski definition) is 0. The minimum absolute atomic E-state index is 0.185. The number of esters is 1. The molecule has 0 fully saturated rings. The number of hydrogen-bond acceptors (Lipinski definition) is 5. The zero-order chi connectivity index (χ0) is 22.7. The first kappa shape index (κ1) is 20.5. The van der Waals surface area contributed by atoms with E-state index in [9.17, 15) is 18.8 Å². The lowest BCUT2D eigenvalue weighted by Crippen LogP contribution is -2.26. The quantitative estimate of drug-likeness (QED) is 0.361. The van der Waals surface area contributed by atoms with Crippen molar-refractivity contribution in [3.8, 4) is 11.4 Å². The molecule has 3 heterocycles. The van der Waals surface area contributed by atoms with Gasteiger partial charge in [-0.05, 0) is 54.5 Å². The van der Waals surface area contributed by atoms with Crippen LogP contribution in [0.2, 0.25) is 0 Å². The van der Waals surface area contributed by atoms with Gasteiger partial charge >= 0.3 is 5.97 Å². The number of benzene rings is 1. The van der Waals surface area contributed by atoms with Crippen molar-refractivity contribution in [2.45, 2.75) is 59.1 Å². The molecule has 0 spiro atoms. The Labute approximate surface area is 184 Å². The molecule has 0 saturated carbocycles. The largest absolute Gasteiger partial charge is 0.461 e. The molecule has 1 atom stereocenters.